The average molecular weight is 416 g/mol. The van der Waals surface area contributed by atoms with E-state index in [-0.39, 0.29) is 6.04 Å². The van der Waals surface area contributed by atoms with Crippen LogP contribution < -0.4 is 20.3 Å². The lowest BCUT2D eigenvalue weighted by Gasteiger charge is -2.24. The summed E-state index contributed by atoms with van der Waals surface area (Å²) in [5.41, 5.74) is 0.463. The first-order valence-corrected chi connectivity index (χ1v) is 11.4. The van der Waals surface area contributed by atoms with Crippen LogP contribution in [0.25, 0.3) is 0 Å². The molecule has 1 atom stereocenters. The Kier molecular flexibility index (Phi) is 7.36. The molecule has 1 saturated heterocycles. The maximum absolute atomic E-state index is 11.5. The van der Waals surface area contributed by atoms with Crippen LogP contribution >= 0.6 is 11.6 Å². The smallest absolute Gasteiger partial charge is 0.209 e. The molecule has 1 unspecified atom stereocenters. The molecule has 1 aliphatic rings. The third-order valence-electron chi connectivity index (χ3n) is 4.14. The minimum atomic E-state index is -3.28. The van der Waals surface area contributed by atoms with Gasteiger partial charge in [0.2, 0.25) is 10.0 Å². The Morgan fingerprint density at radius 1 is 1.41 bits per heavy atom. The predicted octanol–water partition coefficient (Wildman–Crippen LogP) is 1.80. The number of guanidine groups is 1. The van der Waals surface area contributed by atoms with Crippen molar-refractivity contribution < 1.29 is 8.42 Å². The number of rotatable bonds is 7. The first-order chi connectivity index (χ1) is 12.6. The molecule has 0 aliphatic carbocycles. The number of aliphatic imine (C=N–C) groups is 1. The SMILES string of the molecule is CCNC(=NCC(C)(C)NS(C)(=O)=O)NC1CCN(c2cccc(Cl)c2)C1. The van der Waals surface area contributed by atoms with E-state index in [4.69, 9.17) is 11.6 Å². The number of nitrogens with zero attached hydrogens (tertiary/aromatic N) is 2. The van der Waals surface area contributed by atoms with Gasteiger partial charge in [0.25, 0.3) is 0 Å². The van der Waals surface area contributed by atoms with Gasteiger partial charge in [-0.15, -0.1) is 0 Å². The van der Waals surface area contributed by atoms with Crippen LogP contribution in [0.1, 0.15) is 27.2 Å². The Labute approximate surface area is 167 Å². The Bertz CT molecular complexity index is 767. The lowest BCUT2D eigenvalue weighted by Crippen LogP contribution is -2.48. The maximum Gasteiger partial charge on any atom is 0.209 e. The van der Waals surface area contributed by atoms with Crippen LogP contribution in [0.5, 0.6) is 0 Å². The summed E-state index contributed by atoms with van der Waals surface area (Å²) in [6.07, 6.45) is 2.15. The van der Waals surface area contributed by atoms with Gasteiger partial charge in [0, 0.05) is 41.9 Å². The summed E-state index contributed by atoms with van der Waals surface area (Å²) in [5, 5.41) is 7.42. The highest BCUT2D eigenvalue weighted by molar-refractivity contribution is 7.88. The summed E-state index contributed by atoms with van der Waals surface area (Å²) in [5.74, 6) is 0.693. The normalized spacial score (nSPS) is 18.6. The minimum absolute atomic E-state index is 0.257. The summed E-state index contributed by atoms with van der Waals surface area (Å²) in [4.78, 5) is 6.87. The van der Waals surface area contributed by atoms with Crippen LogP contribution in [0.15, 0.2) is 29.3 Å². The summed E-state index contributed by atoms with van der Waals surface area (Å²) in [6.45, 7) is 8.50. The second kappa shape index (κ2) is 9.12. The van der Waals surface area contributed by atoms with Gasteiger partial charge >= 0.3 is 0 Å². The van der Waals surface area contributed by atoms with E-state index in [0.29, 0.717) is 12.5 Å². The number of hydrogen-bond donors (Lipinski definition) is 3. The molecule has 3 N–H and O–H groups in total. The fourth-order valence-corrected chi connectivity index (χ4v) is 4.36. The average Bonchev–Trinajstić information content (AvgIpc) is 2.99. The quantitative estimate of drug-likeness (QED) is 0.467. The standard InChI is InChI=1S/C18H30ClN5O2S/c1-5-20-17(21-13-18(2,3)23-27(4,25)26)22-15-9-10-24(12-15)16-8-6-7-14(19)11-16/h6-8,11,15,23H,5,9-10,12-13H2,1-4H3,(H2,20,21,22). The van der Waals surface area contributed by atoms with Gasteiger partial charge in [-0.1, -0.05) is 17.7 Å². The monoisotopic (exact) mass is 415 g/mol. The molecule has 0 bridgehead atoms. The predicted molar refractivity (Wildman–Crippen MR) is 113 cm³/mol. The van der Waals surface area contributed by atoms with E-state index < -0.39 is 15.6 Å². The lowest BCUT2D eigenvalue weighted by molar-refractivity contribution is 0.464. The van der Waals surface area contributed by atoms with Crippen LogP contribution in [-0.4, -0.2) is 58.4 Å². The first-order valence-electron chi connectivity index (χ1n) is 9.12. The molecule has 1 aliphatic heterocycles. The lowest BCUT2D eigenvalue weighted by atomic mass is 10.1. The summed E-state index contributed by atoms with van der Waals surface area (Å²) < 4.78 is 25.6. The molecular weight excluding hydrogens is 386 g/mol. The number of halogens is 1. The van der Waals surface area contributed by atoms with Crippen LogP contribution in [0.2, 0.25) is 5.02 Å². The second-order valence-electron chi connectivity index (χ2n) is 7.51. The van der Waals surface area contributed by atoms with E-state index in [1.807, 2.05) is 39.0 Å². The highest BCUT2D eigenvalue weighted by atomic mass is 35.5. The zero-order valence-electron chi connectivity index (χ0n) is 16.4. The van der Waals surface area contributed by atoms with Gasteiger partial charge in [-0.2, -0.15) is 0 Å². The Morgan fingerprint density at radius 2 is 2.15 bits per heavy atom. The molecule has 0 amide bonds. The Balaban J connectivity index is 1.97. The zero-order chi connectivity index (χ0) is 20.1. The van der Waals surface area contributed by atoms with Crippen molar-refractivity contribution in [2.24, 2.45) is 4.99 Å². The van der Waals surface area contributed by atoms with Crippen LogP contribution in [0.4, 0.5) is 5.69 Å². The van der Waals surface area contributed by atoms with Gasteiger partial charge < -0.3 is 15.5 Å². The molecule has 0 saturated carbocycles. The molecule has 0 aromatic heterocycles. The zero-order valence-corrected chi connectivity index (χ0v) is 18.0. The number of anilines is 1. The number of nitrogens with one attached hydrogen (secondary N) is 3. The third kappa shape index (κ3) is 7.56. The number of sulfonamides is 1. The molecule has 1 fully saturated rings. The van der Waals surface area contributed by atoms with Crippen molar-refractivity contribution in [1.29, 1.82) is 0 Å². The van der Waals surface area contributed by atoms with E-state index in [1.54, 1.807) is 0 Å². The van der Waals surface area contributed by atoms with E-state index in [1.165, 1.54) is 0 Å². The maximum atomic E-state index is 11.5. The third-order valence-corrected chi connectivity index (χ3v) is 5.30. The minimum Gasteiger partial charge on any atom is -0.369 e. The van der Waals surface area contributed by atoms with Crippen molar-refractivity contribution in [3.05, 3.63) is 29.3 Å². The molecule has 2 rings (SSSR count). The molecule has 1 heterocycles. The van der Waals surface area contributed by atoms with Gasteiger partial charge in [-0.05, 0) is 45.4 Å². The van der Waals surface area contributed by atoms with E-state index in [9.17, 15) is 8.42 Å². The van der Waals surface area contributed by atoms with Crippen molar-refractivity contribution in [1.82, 2.24) is 15.4 Å². The van der Waals surface area contributed by atoms with Crippen LogP contribution in [0.3, 0.4) is 0 Å². The molecule has 27 heavy (non-hydrogen) atoms. The molecule has 1 aromatic rings. The molecule has 1 aromatic carbocycles. The molecule has 0 spiro atoms. The highest BCUT2D eigenvalue weighted by Crippen LogP contribution is 2.23. The van der Waals surface area contributed by atoms with Gasteiger partial charge in [0.1, 0.15) is 0 Å². The summed E-state index contributed by atoms with van der Waals surface area (Å²) >= 11 is 6.09. The molecular formula is C18H30ClN5O2S. The molecule has 0 radical (unpaired) electrons. The number of benzene rings is 1. The van der Waals surface area contributed by atoms with Crippen molar-refractivity contribution in [3.63, 3.8) is 0 Å². The van der Waals surface area contributed by atoms with Crippen LogP contribution in [-0.2, 0) is 10.0 Å². The fraction of sp³-hybridized carbons (Fsp3) is 0.611. The topological polar surface area (TPSA) is 85.8 Å². The van der Waals surface area contributed by atoms with E-state index >= 15 is 0 Å². The van der Waals surface area contributed by atoms with Gasteiger partial charge in [-0.25, -0.2) is 13.1 Å². The fourth-order valence-electron chi connectivity index (χ4n) is 3.11. The molecule has 152 valence electrons. The summed E-state index contributed by atoms with van der Waals surface area (Å²) in [7, 11) is -3.28. The second-order valence-corrected chi connectivity index (χ2v) is 9.69. The van der Waals surface area contributed by atoms with Gasteiger partial charge in [-0.3, -0.25) is 4.99 Å². The molecule has 9 heteroatoms. The van der Waals surface area contributed by atoms with Gasteiger partial charge in [0.05, 0.1) is 12.8 Å². The van der Waals surface area contributed by atoms with Crippen LogP contribution in [0, 0.1) is 0 Å². The first kappa shape index (κ1) is 21.8. The number of hydrogen-bond acceptors (Lipinski definition) is 4. The van der Waals surface area contributed by atoms with Crippen molar-refractivity contribution in [3.8, 4) is 0 Å². The van der Waals surface area contributed by atoms with E-state index in [0.717, 1.165) is 43.0 Å². The van der Waals surface area contributed by atoms with Crippen molar-refractivity contribution in [2.75, 3.05) is 37.3 Å². The van der Waals surface area contributed by atoms with E-state index in [2.05, 4.69) is 31.3 Å². The van der Waals surface area contributed by atoms with Gasteiger partial charge in [0.15, 0.2) is 5.96 Å². The van der Waals surface area contributed by atoms with Crippen molar-refractivity contribution >= 4 is 33.3 Å². The summed E-state index contributed by atoms with van der Waals surface area (Å²) in [6, 6.07) is 8.13. The van der Waals surface area contributed by atoms with Crippen molar-refractivity contribution in [2.45, 2.75) is 38.8 Å². The largest absolute Gasteiger partial charge is 0.369 e. The molecule has 7 nitrogen and oxygen atoms in total. The highest BCUT2D eigenvalue weighted by Gasteiger charge is 2.25. The Hall–Kier alpha value is -1.51. The Morgan fingerprint density at radius 3 is 2.78 bits per heavy atom.